The van der Waals surface area contributed by atoms with Crippen LogP contribution in [0.5, 0.6) is 0 Å². The van der Waals surface area contributed by atoms with Gasteiger partial charge in [-0.25, -0.2) is 0 Å². The van der Waals surface area contributed by atoms with Crippen molar-refractivity contribution >= 4 is 0 Å². The fourth-order valence-electron chi connectivity index (χ4n) is 2.94. The second-order valence-electron chi connectivity index (χ2n) is 4.62. The summed E-state index contributed by atoms with van der Waals surface area (Å²) in [7, 11) is 3.49. The smallest absolute Gasteiger partial charge is 0.133 e. The molecule has 0 aromatic heterocycles. The minimum absolute atomic E-state index is 0.604. The molecule has 86 valence electrons. The minimum Gasteiger partial charge on any atom is -0.498 e. The molecule has 1 heterocycles. The van der Waals surface area contributed by atoms with Gasteiger partial charge in [0.05, 0.1) is 14.2 Å². The Kier molecular flexibility index (Phi) is 3.19. The van der Waals surface area contributed by atoms with Crippen molar-refractivity contribution in [2.45, 2.75) is 32.2 Å². The highest BCUT2D eigenvalue weighted by Gasteiger charge is 2.36. The lowest BCUT2D eigenvalue weighted by Crippen LogP contribution is -2.46. The maximum Gasteiger partial charge on any atom is 0.133 e. The van der Waals surface area contributed by atoms with Crippen LogP contribution in [0.1, 0.15) is 26.2 Å². The molecule has 3 nitrogen and oxygen atoms in total. The van der Waals surface area contributed by atoms with Crippen LogP contribution in [0.4, 0.5) is 0 Å². The molecule has 0 radical (unpaired) electrons. The van der Waals surface area contributed by atoms with E-state index < -0.39 is 0 Å². The van der Waals surface area contributed by atoms with Crippen molar-refractivity contribution in [3.63, 3.8) is 0 Å². The molecule has 1 aliphatic heterocycles. The first kappa shape index (κ1) is 10.8. The number of ether oxygens (including phenoxy) is 2. The van der Waals surface area contributed by atoms with Crippen molar-refractivity contribution < 1.29 is 9.47 Å². The first-order chi connectivity index (χ1) is 7.26. The lowest BCUT2D eigenvalue weighted by Gasteiger charge is -2.41. The molecule has 0 saturated carbocycles. The average molecular weight is 211 g/mol. The Labute approximate surface area is 91.8 Å². The maximum absolute atomic E-state index is 5.42. The number of rotatable bonds is 2. The Hall–Kier alpha value is -0.700. The molecular weight excluding hydrogens is 190 g/mol. The normalized spacial score (nSPS) is 36.1. The number of allylic oxidation sites excluding steroid dienone is 2. The van der Waals surface area contributed by atoms with Crippen LogP contribution in [0.15, 0.2) is 11.5 Å². The molecule has 1 saturated heterocycles. The molecule has 2 rings (SSSR count). The Bertz CT molecular complexity index is 262. The molecule has 0 unspecified atom stereocenters. The standard InChI is InChI=1S/C12H21NO2/c1-8-10-7-12(15-3)11(14-2)6-9(10)4-5-13-8/h8-10,13H,4-7H2,1-3H3/t8-,9-,10+/m0/s1. The van der Waals surface area contributed by atoms with Gasteiger partial charge in [-0.15, -0.1) is 0 Å². The lowest BCUT2D eigenvalue weighted by atomic mass is 9.73. The van der Waals surface area contributed by atoms with Crippen molar-refractivity contribution in [3.8, 4) is 0 Å². The van der Waals surface area contributed by atoms with Gasteiger partial charge in [0.1, 0.15) is 11.5 Å². The summed E-state index contributed by atoms with van der Waals surface area (Å²) in [6, 6.07) is 0.604. The van der Waals surface area contributed by atoms with Crippen LogP contribution in [-0.4, -0.2) is 26.8 Å². The maximum atomic E-state index is 5.42. The van der Waals surface area contributed by atoms with E-state index in [1.165, 1.54) is 6.42 Å². The quantitative estimate of drug-likeness (QED) is 0.756. The highest BCUT2D eigenvalue weighted by molar-refractivity contribution is 5.11. The fourth-order valence-corrected chi connectivity index (χ4v) is 2.94. The van der Waals surface area contributed by atoms with E-state index in [1.54, 1.807) is 14.2 Å². The summed E-state index contributed by atoms with van der Waals surface area (Å²) in [6.45, 7) is 3.42. The van der Waals surface area contributed by atoms with E-state index in [-0.39, 0.29) is 0 Å². The van der Waals surface area contributed by atoms with Crippen LogP contribution in [0.25, 0.3) is 0 Å². The third kappa shape index (κ3) is 1.98. The molecule has 1 N–H and O–H groups in total. The molecular formula is C12H21NO2. The fraction of sp³-hybridized carbons (Fsp3) is 0.833. The molecule has 1 fully saturated rings. The molecule has 0 bridgehead atoms. The molecule has 3 heteroatoms. The van der Waals surface area contributed by atoms with Gasteiger partial charge in [0, 0.05) is 18.9 Å². The van der Waals surface area contributed by atoms with Crippen LogP contribution in [-0.2, 0) is 9.47 Å². The third-order valence-electron chi connectivity index (χ3n) is 3.90. The van der Waals surface area contributed by atoms with Gasteiger partial charge in [0.15, 0.2) is 0 Å². The SMILES string of the molecule is COC1=C(OC)C[C@H]2[C@@H](CCN[C@H]2C)C1. The van der Waals surface area contributed by atoms with Crippen LogP contribution < -0.4 is 5.32 Å². The Morgan fingerprint density at radius 2 is 1.80 bits per heavy atom. The molecule has 0 aromatic carbocycles. The highest BCUT2D eigenvalue weighted by Crippen LogP contribution is 2.40. The van der Waals surface area contributed by atoms with Gasteiger partial charge in [-0.3, -0.25) is 0 Å². The van der Waals surface area contributed by atoms with E-state index >= 15 is 0 Å². The van der Waals surface area contributed by atoms with Gasteiger partial charge in [-0.2, -0.15) is 0 Å². The third-order valence-corrected chi connectivity index (χ3v) is 3.90. The van der Waals surface area contributed by atoms with E-state index in [0.29, 0.717) is 12.0 Å². The largest absolute Gasteiger partial charge is 0.498 e. The molecule has 0 aromatic rings. The number of piperidine rings is 1. The zero-order chi connectivity index (χ0) is 10.8. The van der Waals surface area contributed by atoms with Gasteiger partial charge in [-0.1, -0.05) is 0 Å². The van der Waals surface area contributed by atoms with Crippen LogP contribution >= 0.6 is 0 Å². The van der Waals surface area contributed by atoms with Gasteiger partial charge in [-0.05, 0) is 31.7 Å². The molecule has 0 amide bonds. The summed E-state index contributed by atoms with van der Waals surface area (Å²) in [5.41, 5.74) is 0. The predicted molar refractivity (Wildman–Crippen MR) is 59.3 cm³/mol. The predicted octanol–water partition coefficient (Wildman–Crippen LogP) is 1.90. The van der Waals surface area contributed by atoms with Gasteiger partial charge in [0.25, 0.3) is 0 Å². The van der Waals surface area contributed by atoms with Crippen LogP contribution in [0, 0.1) is 11.8 Å². The van der Waals surface area contributed by atoms with Crippen molar-refractivity contribution in [2.75, 3.05) is 20.8 Å². The van der Waals surface area contributed by atoms with Crippen LogP contribution in [0.3, 0.4) is 0 Å². The second-order valence-corrected chi connectivity index (χ2v) is 4.62. The zero-order valence-corrected chi connectivity index (χ0v) is 9.88. The van der Waals surface area contributed by atoms with Crippen molar-refractivity contribution in [1.29, 1.82) is 0 Å². The second kappa shape index (κ2) is 4.44. The lowest BCUT2D eigenvalue weighted by molar-refractivity contribution is 0.102. The van der Waals surface area contributed by atoms with E-state index in [1.807, 2.05) is 0 Å². The zero-order valence-electron chi connectivity index (χ0n) is 9.88. The van der Waals surface area contributed by atoms with Crippen molar-refractivity contribution in [2.24, 2.45) is 11.8 Å². The van der Waals surface area contributed by atoms with Gasteiger partial charge in [0.2, 0.25) is 0 Å². The van der Waals surface area contributed by atoms with Crippen molar-refractivity contribution in [3.05, 3.63) is 11.5 Å². The monoisotopic (exact) mass is 211 g/mol. The molecule has 1 aliphatic carbocycles. The molecule has 15 heavy (non-hydrogen) atoms. The van der Waals surface area contributed by atoms with Crippen molar-refractivity contribution in [1.82, 2.24) is 5.32 Å². The van der Waals surface area contributed by atoms with Gasteiger partial charge >= 0.3 is 0 Å². The average Bonchev–Trinajstić information content (AvgIpc) is 2.28. The number of hydrogen-bond acceptors (Lipinski definition) is 3. The minimum atomic E-state index is 0.604. The van der Waals surface area contributed by atoms with E-state index in [4.69, 9.17) is 9.47 Å². The number of hydrogen-bond donors (Lipinski definition) is 1. The number of methoxy groups -OCH3 is 2. The molecule has 2 aliphatic rings. The summed E-state index contributed by atoms with van der Waals surface area (Å²) in [6.07, 6.45) is 3.34. The topological polar surface area (TPSA) is 30.5 Å². The van der Waals surface area contributed by atoms with Crippen LogP contribution in [0.2, 0.25) is 0 Å². The first-order valence-corrected chi connectivity index (χ1v) is 5.79. The summed E-state index contributed by atoms with van der Waals surface area (Å²) in [5, 5.41) is 3.54. The van der Waals surface area contributed by atoms with Gasteiger partial charge < -0.3 is 14.8 Å². The summed E-state index contributed by atoms with van der Waals surface area (Å²) < 4.78 is 10.8. The first-order valence-electron chi connectivity index (χ1n) is 5.79. The summed E-state index contributed by atoms with van der Waals surface area (Å²) in [5.74, 6) is 3.60. The Morgan fingerprint density at radius 1 is 1.13 bits per heavy atom. The number of fused-ring (bicyclic) bond motifs is 1. The van der Waals surface area contributed by atoms with E-state index in [2.05, 4.69) is 12.2 Å². The van der Waals surface area contributed by atoms with E-state index in [0.717, 1.165) is 36.8 Å². The molecule has 3 atom stereocenters. The Morgan fingerprint density at radius 3 is 2.47 bits per heavy atom. The molecule has 0 spiro atoms. The number of nitrogens with one attached hydrogen (secondary N) is 1. The van der Waals surface area contributed by atoms with E-state index in [9.17, 15) is 0 Å². The Balaban J connectivity index is 2.16. The summed E-state index contributed by atoms with van der Waals surface area (Å²) in [4.78, 5) is 0. The summed E-state index contributed by atoms with van der Waals surface area (Å²) >= 11 is 0. The highest BCUT2D eigenvalue weighted by atomic mass is 16.5.